The highest BCUT2D eigenvalue weighted by Crippen LogP contribution is 2.31. The van der Waals surface area contributed by atoms with Gasteiger partial charge in [0.05, 0.1) is 28.4 Å². The average Bonchev–Trinajstić information content (AvgIpc) is 2.55. The number of benzene rings is 1. The molecule has 0 aliphatic carbocycles. The standard InChI is InChI=1S/C15H18BrClN4O5S/c1-7(23)8(2)26-14-11(16)5-19-15(21-14)20-10-3-9(6-22)13(12(17)4-10)27(18,24)25/h3-5,7-8,22-23H,6H2,1-2H3,(H2,18,24,25)(H,19,20,21)/t7-,8-/m1/s1. The lowest BCUT2D eigenvalue weighted by atomic mass is 10.2. The van der Waals surface area contributed by atoms with Crippen LogP contribution in [0.2, 0.25) is 5.02 Å². The van der Waals surface area contributed by atoms with E-state index < -0.39 is 28.8 Å². The molecule has 0 radical (unpaired) electrons. The SMILES string of the molecule is C[C@@H](O)[C@@H](C)Oc1nc(Nc2cc(Cl)c(S(N)(=O)=O)c(CO)c2)ncc1Br. The van der Waals surface area contributed by atoms with Gasteiger partial charge in [-0.1, -0.05) is 11.6 Å². The fourth-order valence-electron chi connectivity index (χ4n) is 2.06. The fraction of sp³-hybridized carbons (Fsp3) is 0.333. The molecule has 1 aromatic heterocycles. The van der Waals surface area contributed by atoms with Crippen molar-refractivity contribution in [3.05, 3.63) is 33.4 Å². The van der Waals surface area contributed by atoms with Crippen molar-refractivity contribution in [2.45, 2.75) is 37.6 Å². The maximum Gasteiger partial charge on any atom is 0.239 e. The molecular weight excluding hydrogens is 464 g/mol. The van der Waals surface area contributed by atoms with E-state index >= 15 is 0 Å². The topological polar surface area (TPSA) is 148 Å². The summed E-state index contributed by atoms with van der Waals surface area (Å²) in [7, 11) is -4.10. The van der Waals surface area contributed by atoms with Gasteiger partial charge in [-0.25, -0.2) is 18.5 Å². The van der Waals surface area contributed by atoms with E-state index in [0.29, 0.717) is 10.2 Å². The predicted octanol–water partition coefficient (Wildman–Crippen LogP) is 1.92. The molecule has 2 atom stereocenters. The summed E-state index contributed by atoms with van der Waals surface area (Å²) in [5.41, 5.74) is 0.372. The number of nitrogens with zero attached hydrogens (tertiary/aromatic N) is 2. The Balaban J connectivity index is 2.36. The average molecular weight is 482 g/mol. The summed E-state index contributed by atoms with van der Waals surface area (Å²) in [6.45, 7) is 2.69. The molecule has 0 bridgehead atoms. The number of aliphatic hydroxyl groups is 2. The Morgan fingerprint density at radius 2 is 2.07 bits per heavy atom. The number of sulfonamides is 1. The van der Waals surface area contributed by atoms with E-state index in [2.05, 4.69) is 31.2 Å². The summed E-state index contributed by atoms with van der Waals surface area (Å²) in [6.07, 6.45) is 0.237. The van der Waals surface area contributed by atoms with E-state index in [1.165, 1.54) is 18.3 Å². The first-order valence-electron chi connectivity index (χ1n) is 7.63. The van der Waals surface area contributed by atoms with Crippen molar-refractivity contribution in [3.8, 4) is 5.88 Å². The maximum atomic E-state index is 11.6. The fourth-order valence-corrected chi connectivity index (χ4v) is 3.72. The zero-order chi connectivity index (χ0) is 20.4. The molecule has 0 saturated carbocycles. The summed E-state index contributed by atoms with van der Waals surface area (Å²) < 4.78 is 29.3. The van der Waals surface area contributed by atoms with Crippen LogP contribution < -0.4 is 15.2 Å². The van der Waals surface area contributed by atoms with Crippen LogP contribution in [0.25, 0.3) is 0 Å². The maximum absolute atomic E-state index is 11.6. The van der Waals surface area contributed by atoms with Crippen LogP contribution in [0.15, 0.2) is 27.7 Å². The molecule has 0 aliphatic rings. The van der Waals surface area contributed by atoms with Crippen molar-refractivity contribution >= 4 is 49.2 Å². The lowest BCUT2D eigenvalue weighted by Gasteiger charge is -2.18. The van der Waals surface area contributed by atoms with Crippen LogP contribution in [0.4, 0.5) is 11.6 Å². The minimum atomic E-state index is -4.10. The summed E-state index contributed by atoms with van der Waals surface area (Å²) in [4.78, 5) is 7.93. The van der Waals surface area contributed by atoms with Gasteiger partial charge in [-0.15, -0.1) is 0 Å². The molecule has 27 heavy (non-hydrogen) atoms. The number of halogens is 2. The van der Waals surface area contributed by atoms with Gasteiger partial charge in [0.25, 0.3) is 0 Å². The highest BCUT2D eigenvalue weighted by molar-refractivity contribution is 9.10. The molecule has 2 aromatic rings. The minimum Gasteiger partial charge on any atom is -0.471 e. The van der Waals surface area contributed by atoms with Crippen LogP contribution in [0.3, 0.4) is 0 Å². The Bertz CT molecular complexity index is 942. The van der Waals surface area contributed by atoms with Gasteiger partial charge in [0.15, 0.2) is 0 Å². The molecule has 0 fully saturated rings. The Labute approximate surface area is 169 Å². The number of hydrogen-bond donors (Lipinski definition) is 4. The van der Waals surface area contributed by atoms with E-state index in [-0.39, 0.29) is 27.3 Å². The monoisotopic (exact) mass is 480 g/mol. The van der Waals surface area contributed by atoms with Crippen molar-refractivity contribution in [1.29, 1.82) is 0 Å². The molecular formula is C15H18BrClN4O5S. The number of nitrogens with two attached hydrogens (primary N) is 1. The molecule has 5 N–H and O–H groups in total. The summed E-state index contributed by atoms with van der Waals surface area (Å²) in [5, 5.41) is 26.8. The zero-order valence-corrected chi connectivity index (χ0v) is 17.5. The molecule has 0 aliphatic heterocycles. The number of hydrogen-bond acceptors (Lipinski definition) is 8. The molecule has 0 unspecified atom stereocenters. The third-order valence-electron chi connectivity index (χ3n) is 3.52. The van der Waals surface area contributed by atoms with E-state index in [4.69, 9.17) is 21.5 Å². The molecule has 0 spiro atoms. The van der Waals surface area contributed by atoms with Crippen LogP contribution in [-0.2, 0) is 16.6 Å². The lowest BCUT2D eigenvalue weighted by molar-refractivity contribution is 0.0569. The number of primary sulfonamides is 1. The number of aliphatic hydroxyl groups excluding tert-OH is 2. The van der Waals surface area contributed by atoms with E-state index in [0.717, 1.165) is 0 Å². The Hall–Kier alpha value is -1.50. The van der Waals surface area contributed by atoms with E-state index in [1.807, 2.05) is 0 Å². The molecule has 12 heteroatoms. The van der Waals surface area contributed by atoms with Gasteiger partial charge in [-0.3, -0.25) is 0 Å². The van der Waals surface area contributed by atoms with Crippen molar-refractivity contribution in [2.24, 2.45) is 5.14 Å². The van der Waals surface area contributed by atoms with Gasteiger partial charge in [0.1, 0.15) is 11.0 Å². The number of aromatic nitrogens is 2. The Morgan fingerprint density at radius 1 is 1.41 bits per heavy atom. The number of anilines is 2. The number of rotatable bonds is 7. The smallest absolute Gasteiger partial charge is 0.239 e. The van der Waals surface area contributed by atoms with Crippen LogP contribution in [0, 0.1) is 0 Å². The van der Waals surface area contributed by atoms with Crippen LogP contribution in [0.1, 0.15) is 19.4 Å². The minimum absolute atomic E-state index is 0.0313. The molecule has 9 nitrogen and oxygen atoms in total. The molecule has 0 amide bonds. The summed E-state index contributed by atoms with van der Waals surface area (Å²) in [5.74, 6) is 0.338. The third-order valence-corrected chi connectivity index (χ3v) is 5.53. The van der Waals surface area contributed by atoms with Crippen molar-refractivity contribution in [2.75, 3.05) is 5.32 Å². The van der Waals surface area contributed by atoms with Gasteiger partial charge in [-0.2, -0.15) is 4.98 Å². The number of nitrogens with one attached hydrogen (secondary N) is 1. The Kier molecular flexibility index (Phi) is 7.00. The third kappa shape index (κ3) is 5.50. The predicted molar refractivity (Wildman–Crippen MR) is 104 cm³/mol. The second-order valence-electron chi connectivity index (χ2n) is 5.68. The van der Waals surface area contributed by atoms with Crippen LogP contribution in [-0.4, -0.2) is 40.8 Å². The van der Waals surface area contributed by atoms with E-state index in [9.17, 15) is 18.6 Å². The van der Waals surface area contributed by atoms with Crippen LogP contribution in [0.5, 0.6) is 5.88 Å². The summed E-state index contributed by atoms with van der Waals surface area (Å²) >= 11 is 9.28. The molecule has 1 aromatic carbocycles. The first-order valence-corrected chi connectivity index (χ1v) is 10.3. The molecule has 2 rings (SSSR count). The normalized spacial score (nSPS) is 13.9. The molecule has 1 heterocycles. The Morgan fingerprint density at radius 3 is 2.63 bits per heavy atom. The second-order valence-corrected chi connectivity index (χ2v) is 8.44. The van der Waals surface area contributed by atoms with Crippen molar-refractivity contribution in [1.82, 2.24) is 9.97 Å². The quantitative estimate of drug-likeness (QED) is 0.469. The highest BCUT2D eigenvalue weighted by atomic mass is 79.9. The first-order chi connectivity index (χ1) is 12.5. The molecule has 0 saturated heterocycles. The van der Waals surface area contributed by atoms with Crippen molar-refractivity contribution < 1.29 is 23.4 Å². The van der Waals surface area contributed by atoms with E-state index in [1.54, 1.807) is 13.8 Å². The zero-order valence-electron chi connectivity index (χ0n) is 14.3. The van der Waals surface area contributed by atoms with Gasteiger partial charge in [0, 0.05) is 11.3 Å². The number of ether oxygens (including phenoxy) is 1. The summed E-state index contributed by atoms with van der Waals surface area (Å²) in [6, 6.07) is 2.70. The van der Waals surface area contributed by atoms with Gasteiger partial charge in [0.2, 0.25) is 21.9 Å². The molecule has 148 valence electrons. The largest absolute Gasteiger partial charge is 0.471 e. The van der Waals surface area contributed by atoms with Crippen molar-refractivity contribution in [3.63, 3.8) is 0 Å². The lowest BCUT2D eigenvalue weighted by Crippen LogP contribution is -2.26. The highest BCUT2D eigenvalue weighted by Gasteiger charge is 2.20. The second kappa shape index (κ2) is 8.67. The van der Waals surface area contributed by atoms with Gasteiger partial charge >= 0.3 is 0 Å². The first kappa shape index (κ1) is 21.8. The van der Waals surface area contributed by atoms with Crippen LogP contribution >= 0.6 is 27.5 Å². The van der Waals surface area contributed by atoms with Gasteiger partial charge in [-0.05, 0) is 41.9 Å². The van der Waals surface area contributed by atoms with Gasteiger partial charge < -0.3 is 20.3 Å².